The lowest BCUT2D eigenvalue weighted by molar-refractivity contribution is 0.278. The second-order valence-electron chi connectivity index (χ2n) is 4.71. The molecule has 22 heavy (non-hydrogen) atoms. The summed E-state index contributed by atoms with van der Waals surface area (Å²) in [5.41, 5.74) is 1.76. The minimum absolute atomic E-state index is 0.0549. The van der Waals surface area contributed by atoms with Gasteiger partial charge in [0.05, 0.1) is 11.9 Å². The van der Waals surface area contributed by atoms with E-state index in [0.29, 0.717) is 11.3 Å². The third kappa shape index (κ3) is 2.36. The fourth-order valence-electron chi connectivity index (χ4n) is 2.04. The molecule has 0 fully saturated rings. The van der Waals surface area contributed by atoms with Crippen LogP contribution >= 0.6 is 0 Å². The van der Waals surface area contributed by atoms with Gasteiger partial charge in [-0.3, -0.25) is 0 Å². The quantitative estimate of drug-likeness (QED) is 0.767. The molecule has 8 nitrogen and oxygen atoms in total. The SMILES string of the molecule is Cc1cccc(-n2nnn(C)c2=O)c1COc1[nH]ncc1F. The topological polar surface area (TPSA) is 90.6 Å². The first-order valence-electron chi connectivity index (χ1n) is 6.47. The molecule has 0 unspecified atom stereocenters. The van der Waals surface area contributed by atoms with Gasteiger partial charge < -0.3 is 4.74 Å². The molecule has 0 saturated heterocycles. The number of benzene rings is 1. The van der Waals surface area contributed by atoms with Crippen molar-refractivity contribution in [3.63, 3.8) is 0 Å². The van der Waals surface area contributed by atoms with Gasteiger partial charge >= 0.3 is 5.69 Å². The van der Waals surface area contributed by atoms with Gasteiger partial charge in [0.2, 0.25) is 11.7 Å². The van der Waals surface area contributed by atoms with E-state index in [4.69, 9.17) is 4.74 Å². The van der Waals surface area contributed by atoms with Gasteiger partial charge in [-0.1, -0.05) is 12.1 Å². The van der Waals surface area contributed by atoms with Crippen LogP contribution in [0.2, 0.25) is 0 Å². The Kier molecular flexibility index (Phi) is 3.45. The van der Waals surface area contributed by atoms with Crippen LogP contribution in [0.1, 0.15) is 11.1 Å². The Morgan fingerprint density at radius 1 is 1.36 bits per heavy atom. The van der Waals surface area contributed by atoms with Crippen molar-refractivity contribution in [1.29, 1.82) is 0 Å². The molecule has 0 radical (unpaired) electrons. The van der Waals surface area contributed by atoms with Crippen molar-refractivity contribution in [2.75, 3.05) is 0 Å². The number of H-pyrrole nitrogens is 1. The highest BCUT2D eigenvalue weighted by molar-refractivity contribution is 5.44. The van der Waals surface area contributed by atoms with E-state index < -0.39 is 5.82 Å². The first kappa shape index (κ1) is 14.0. The molecule has 3 aromatic rings. The Bertz CT molecular complexity index is 866. The lowest BCUT2D eigenvalue weighted by Gasteiger charge is -2.11. The largest absolute Gasteiger partial charge is 0.471 e. The van der Waals surface area contributed by atoms with Crippen LogP contribution in [0, 0.1) is 12.7 Å². The third-order valence-electron chi connectivity index (χ3n) is 3.26. The van der Waals surface area contributed by atoms with Crippen LogP contribution in [0.3, 0.4) is 0 Å². The van der Waals surface area contributed by atoms with E-state index in [1.54, 1.807) is 12.1 Å². The Hall–Kier alpha value is -2.97. The minimum atomic E-state index is -0.577. The molecule has 3 rings (SSSR count). The molecular weight excluding hydrogens is 291 g/mol. The number of hydrogen-bond acceptors (Lipinski definition) is 5. The third-order valence-corrected chi connectivity index (χ3v) is 3.26. The van der Waals surface area contributed by atoms with Crippen molar-refractivity contribution in [2.24, 2.45) is 7.05 Å². The van der Waals surface area contributed by atoms with Gasteiger partial charge in [-0.15, -0.1) is 0 Å². The highest BCUT2D eigenvalue weighted by Crippen LogP contribution is 2.20. The van der Waals surface area contributed by atoms with Crippen LogP contribution in [0.15, 0.2) is 29.2 Å². The lowest BCUT2D eigenvalue weighted by Crippen LogP contribution is -2.23. The standard InChI is InChI=1S/C13H13FN6O2/c1-8-4-3-5-11(20-13(21)19(2)17-18-20)9(8)7-22-12-10(14)6-15-16-12/h3-6H,7H2,1-2H3,(H,15,16). The molecule has 0 bridgehead atoms. The number of nitrogens with one attached hydrogen (secondary N) is 1. The van der Waals surface area contributed by atoms with E-state index in [2.05, 4.69) is 20.6 Å². The predicted octanol–water partition coefficient (Wildman–Crippen LogP) is 0.716. The maximum Gasteiger partial charge on any atom is 0.368 e. The molecule has 2 aromatic heterocycles. The summed E-state index contributed by atoms with van der Waals surface area (Å²) >= 11 is 0. The van der Waals surface area contributed by atoms with Gasteiger partial charge in [-0.05, 0) is 29.0 Å². The number of tetrazole rings is 1. The zero-order valence-electron chi connectivity index (χ0n) is 11.9. The van der Waals surface area contributed by atoms with Crippen molar-refractivity contribution in [2.45, 2.75) is 13.5 Å². The van der Waals surface area contributed by atoms with Gasteiger partial charge in [0.1, 0.15) is 6.61 Å². The lowest BCUT2D eigenvalue weighted by atomic mass is 10.1. The van der Waals surface area contributed by atoms with Crippen molar-refractivity contribution in [1.82, 2.24) is 30.0 Å². The van der Waals surface area contributed by atoms with Crippen molar-refractivity contribution in [3.8, 4) is 11.6 Å². The molecule has 0 aliphatic heterocycles. The molecule has 0 spiro atoms. The van der Waals surface area contributed by atoms with Crippen molar-refractivity contribution >= 4 is 0 Å². The van der Waals surface area contributed by atoms with Crippen LogP contribution in [-0.4, -0.2) is 30.0 Å². The Labute approximate surface area is 124 Å². The normalized spacial score (nSPS) is 10.9. The summed E-state index contributed by atoms with van der Waals surface area (Å²) in [4.78, 5) is 12.0. The summed E-state index contributed by atoms with van der Waals surface area (Å²) in [5.74, 6) is -0.632. The van der Waals surface area contributed by atoms with E-state index >= 15 is 0 Å². The summed E-state index contributed by atoms with van der Waals surface area (Å²) in [6.45, 7) is 1.93. The fraction of sp³-hybridized carbons (Fsp3) is 0.231. The van der Waals surface area contributed by atoms with Gasteiger partial charge in [0.25, 0.3) is 0 Å². The van der Waals surface area contributed by atoms with Crippen molar-refractivity contribution in [3.05, 3.63) is 51.8 Å². The average molecular weight is 304 g/mol. The molecule has 0 aliphatic rings. The number of ether oxygens (including phenoxy) is 1. The molecule has 0 aliphatic carbocycles. The number of aryl methyl sites for hydroxylation is 2. The van der Waals surface area contributed by atoms with E-state index in [-0.39, 0.29) is 18.2 Å². The molecule has 114 valence electrons. The zero-order chi connectivity index (χ0) is 15.7. The average Bonchev–Trinajstić information content (AvgIpc) is 3.05. The molecule has 2 heterocycles. The highest BCUT2D eigenvalue weighted by atomic mass is 19.1. The van der Waals surface area contributed by atoms with Gasteiger partial charge in [0, 0.05) is 12.6 Å². The molecule has 9 heteroatoms. The summed E-state index contributed by atoms with van der Waals surface area (Å²) in [6.07, 6.45) is 1.03. The van der Waals surface area contributed by atoms with Crippen LogP contribution in [0.25, 0.3) is 5.69 Å². The van der Waals surface area contributed by atoms with E-state index in [1.165, 1.54) is 11.7 Å². The molecule has 1 N–H and O–H groups in total. The summed E-state index contributed by atoms with van der Waals surface area (Å²) < 4.78 is 21.0. The Morgan fingerprint density at radius 2 is 2.18 bits per heavy atom. The zero-order valence-corrected chi connectivity index (χ0v) is 11.9. The summed E-state index contributed by atoms with van der Waals surface area (Å²) in [7, 11) is 1.51. The first-order chi connectivity index (χ1) is 10.6. The smallest absolute Gasteiger partial charge is 0.368 e. The maximum atomic E-state index is 13.3. The maximum absolute atomic E-state index is 13.3. The minimum Gasteiger partial charge on any atom is -0.471 e. The highest BCUT2D eigenvalue weighted by Gasteiger charge is 2.14. The number of aromatic amines is 1. The fourth-order valence-corrected chi connectivity index (χ4v) is 2.04. The van der Waals surface area contributed by atoms with Gasteiger partial charge in [0.15, 0.2) is 0 Å². The Morgan fingerprint density at radius 3 is 2.82 bits per heavy atom. The molecule has 1 aromatic carbocycles. The number of nitrogens with zero attached hydrogens (tertiary/aromatic N) is 5. The van der Waals surface area contributed by atoms with Crippen LogP contribution in [0.5, 0.6) is 5.88 Å². The van der Waals surface area contributed by atoms with Crippen molar-refractivity contribution < 1.29 is 9.13 Å². The molecule has 0 atom stereocenters. The number of rotatable bonds is 4. The van der Waals surface area contributed by atoms with E-state index in [1.807, 2.05) is 13.0 Å². The molecular formula is C13H13FN6O2. The number of hydrogen-bond donors (Lipinski definition) is 1. The van der Waals surface area contributed by atoms with E-state index in [9.17, 15) is 9.18 Å². The second kappa shape index (κ2) is 5.43. The van der Waals surface area contributed by atoms with Crippen LogP contribution < -0.4 is 10.4 Å². The van der Waals surface area contributed by atoms with Gasteiger partial charge in [-0.25, -0.2) is 9.89 Å². The number of halogens is 1. The second-order valence-corrected chi connectivity index (χ2v) is 4.71. The van der Waals surface area contributed by atoms with E-state index in [0.717, 1.165) is 16.4 Å². The first-order valence-corrected chi connectivity index (χ1v) is 6.47. The van der Waals surface area contributed by atoms with Crippen LogP contribution in [-0.2, 0) is 13.7 Å². The summed E-state index contributed by atoms with van der Waals surface area (Å²) in [5, 5.41) is 13.5. The number of aromatic nitrogens is 6. The van der Waals surface area contributed by atoms with Crippen LogP contribution in [0.4, 0.5) is 4.39 Å². The molecule has 0 amide bonds. The monoisotopic (exact) mass is 304 g/mol. The molecule has 0 saturated carbocycles. The Balaban J connectivity index is 1.99. The summed E-state index contributed by atoms with van der Waals surface area (Å²) in [6, 6.07) is 5.39. The predicted molar refractivity (Wildman–Crippen MR) is 74.2 cm³/mol. The van der Waals surface area contributed by atoms with Gasteiger partial charge in [-0.2, -0.15) is 18.9 Å².